The molecule has 1 aliphatic rings. The summed E-state index contributed by atoms with van der Waals surface area (Å²) in [6.07, 6.45) is 5.48. The lowest BCUT2D eigenvalue weighted by Crippen LogP contribution is -2.38. The van der Waals surface area contributed by atoms with Gasteiger partial charge < -0.3 is 11.1 Å². The van der Waals surface area contributed by atoms with Gasteiger partial charge in [0.25, 0.3) is 5.91 Å². The van der Waals surface area contributed by atoms with Gasteiger partial charge in [-0.05, 0) is 37.3 Å². The third kappa shape index (κ3) is 2.93. The average Bonchev–Trinajstić information content (AvgIpc) is 2.76. The minimum Gasteiger partial charge on any atom is -0.398 e. The van der Waals surface area contributed by atoms with Crippen LogP contribution in [0.1, 0.15) is 29.6 Å². The number of thioether (sulfide) groups is 1. The molecule has 1 amide bonds. The van der Waals surface area contributed by atoms with Crippen LogP contribution in [0.25, 0.3) is 0 Å². The number of benzene rings is 1. The zero-order chi connectivity index (χ0) is 13.1. The van der Waals surface area contributed by atoms with Gasteiger partial charge >= 0.3 is 0 Å². The fraction of sp³-hybridized carbons (Fsp3) is 0.462. The second-order valence-electron chi connectivity index (χ2n) is 4.52. The Morgan fingerprint density at radius 3 is 2.94 bits per heavy atom. The highest BCUT2D eigenvalue weighted by Gasteiger charge is 2.28. The van der Waals surface area contributed by atoms with E-state index >= 15 is 0 Å². The summed E-state index contributed by atoms with van der Waals surface area (Å²) < 4.78 is 0. The summed E-state index contributed by atoms with van der Waals surface area (Å²) in [5.41, 5.74) is 6.75. The molecule has 2 atom stereocenters. The molecule has 1 fully saturated rings. The van der Waals surface area contributed by atoms with Crippen LogP contribution in [0.3, 0.4) is 0 Å². The van der Waals surface area contributed by atoms with Crippen LogP contribution in [0.4, 0.5) is 5.69 Å². The molecule has 98 valence electrons. The summed E-state index contributed by atoms with van der Waals surface area (Å²) in [5.74, 6) is -0.102. The standard InChI is InChI=1S/C13H17ClN2OS/c1-18-12-4-2-3-11(12)16-13(17)9-6-5-8(14)7-10(9)15/h5-7,11-12H,2-4,15H2,1H3,(H,16,17). The molecule has 18 heavy (non-hydrogen) atoms. The number of carbonyl (C=O) groups excluding carboxylic acids is 1. The number of carbonyl (C=O) groups is 1. The van der Waals surface area contributed by atoms with Gasteiger partial charge in [0.2, 0.25) is 0 Å². The number of hydrogen-bond acceptors (Lipinski definition) is 3. The molecular formula is C13H17ClN2OS. The van der Waals surface area contributed by atoms with E-state index < -0.39 is 0 Å². The van der Waals surface area contributed by atoms with Gasteiger partial charge in [0.1, 0.15) is 0 Å². The molecule has 2 unspecified atom stereocenters. The maximum Gasteiger partial charge on any atom is 0.253 e. The van der Waals surface area contributed by atoms with Crippen LogP contribution in [0.2, 0.25) is 5.02 Å². The lowest BCUT2D eigenvalue weighted by molar-refractivity contribution is 0.0939. The number of nitrogens with one attached hydrogen (secondary N) is 1. The highest BCUT2D eigenvalue weighted by molar-refractivity contribution is 7.99. The van der Waals surface area contributed by atoms with E-state index in [4.69, 9.17) is 17.3 Å². The number of hydrogen-bond donors (Lipinski definition) is 2. The van der Waals surface area contributed by atoms with E-state index in [9.17, 15) is 4.79 Å². The minimum atomic E-state index is -0.102. The summed E-state index contributed by atoms with van der Waals surface area (Å²) in [4.78, 5) is 12.2. The molecule has 3 N–H and O–H groups in total. The van der Waals surface area contributed by atoms with Crippen molar-refractivity contribution in [1.29, 1.82) is 0 Å². The molecule has 1 aliphatic carbocycles. The van der Waals surface area contributed by atoms with Crippen LogP contribution in [0.15, 0.2) is 18.2 Å². The third-order valence-corrected chi connectivity index (χ3v) is 4.73. The predicted octanol–water partition coefficient (Wildman–Crippen LogP) is 2.94. The highest BCUT2D eigenvalue weighted by Crippen LogP contribution is 2.29. The summed E-state index contributed by atoms with van der Waals surface area (Å²) in [6.45, 7) is 0. The van der Waals surface area contributed by atoms with Gasteiger partial charge in [-0.25, -0.2) is 0 Å². The van der Waals surface area contributed by atoms with E-state index in [1.165, 1.54) is 12.8 Å². The van der Waals surface area contributed by atoms with Gasteiger partial charge in [-0.2, -0.15) is 11.8 Å². The molecule has 3 nitrogen and oxygen atoms in total. The molecule has 0 saturated heterocycles. The Balaban J connectivity index is 2.07. The van der Waals surface area contributed by atoms with Crippen molar-refractivity contribution in [3.05, 3.63) is 28.8 Å². The van der Waals surface area contributed by atoms with Crippen LogP contribution in [-0.4, -0.2) is 23.5 Å². The van der Waals surface area contributed by atoms with Gasteiger partial charge in [0.05, 0.1) is 5.56 Å². The molecule has 2 rings (SSSR count). The van der Waals surface area contributed by atoms with Crippen LogP contribution < -0.4 is 11.1 Å². The molecule has 0 bridgehead atoms. The number of halogens is 1. The monoisotopic (exact) mass is 284 g/mol. The summed E-state index contributed by atoms with van der Waals surface area (Å²) in [7, 11) is 0. The van der Waals surface area contributed by atoms with E-state index in [2.05, 4.69) is 11.6 Å². The predicted molar refractivity (Wildman–Crippen MR) is 78.3 cm³/mol. The van der Waals surface area contributed by atoms with Crippen molar-refractivity contribution in [2.75, 3.05) is 12.0 Å². The summed E-state index contributed by atoms with van der Waals surface area (Å²) >= 11 is 7.64. The Morgan fingerprint density at radius 1 is 1.50 bits per heavy atom. The van der Waals surface area contributed by atoms with Crippen LogP contribution >= 0.6 is 23.4 Å². The Hall–Kier alpha value is -0.870. The van der Waals surface area contributed by atoms with Crippen molar-refractivity contribution < 1.29 is 4.79 Å². The molecule has 0 aromatic heterocycles. The lowest BCUT2D eigenvalue weighted by Gasteiger charge is -2.19. The Morgan fingerprint density at radius 2 is 2.28 bits per heavy atom. The molecule has 1 aromatic carbocycles. The molecule has 0 radical (unpaired) electrons. The Kier molecular flexibility index (Phi) is 4.40. The number of nitrogens with two attached hydrogens (primary N) is 1. The molecule has 0 spiro atoms. The van der Waals surface area contributed by atoms with Crippen molar-refractivity contribution in [3.63, 3.8) is 0 Å². The maximum atomic E-state index is 12.2. The molecule has 1 aromatic rings. The second kappa shape index (κ2) is 5.85. The first kappa shape index (κ1) is 13.6. The average molecular weight is 285 g/mol. The fourth-order valence-electron chi connectivity index (χ4n) is 2.36. The first-order valence-corrected chi connectivity index (χ1v) is 7.67. The van der Waals surface area contributed by atoms with Gasteiger partial charge in [-0.3, -0.25) is 4.79 Å². The van der Waals surface area contributed by atoms with Crippen molar-refractivity contribution in [2.24, 2.45) is 0 Å². The van der Waals surface area contributed by atoms with Crippen LogP contribution in [-0.2, 0) is 0 Å². The van der Waals surface area contributed by atoms with Crippen molar-refractivity contribution >= 4 is 35.0 Å². The number of nitrogen functional groups attached to an aromatic ring is 1. The topological polar surface area (TPSA) is 55.1 Å². The summed E-state index contributed by atoms with van der Waals surface area (Å²) in [6, 6.07) is 5.23. The van der Waals surface area contributed by atoms with Gasteiger partial charge in [-0.1, -0.05) is 18.0 Å². The number of anilines is 1. The largest absolute Gasteiger partial charge is 0.398 e. The van der Waals surface area contributed by atoms with E-state index in [1.54, 1.807) is 18.2 Å². The SMILES string of the molecule is CSC1CCCC1NC(=O)c1ccc(Cl)cc1N. The molecule has 0 heterocycles. The molecule has 5 heteroatoms. The minimum absolute atomic E-state index is 0.102. The highest BCUT2D eigenvalue weighted by atomic mass is 35.5. The molecular weight excluding hydrogens is 268 g/mol. The van der Waals surface area contributed by atoms with Gasteiger partial charge in [0, 0.05) is 22.0 Å². The molecule has 1 saturated carbocycles. The van der Waals surface area contributed by atoms with E-state index in [0.717, 1.165) is 6.42 Å². The van der Waals surface area contributed by atoms with Crippen LogP contribution in [0, 0.1) is 0 Å². The first-order valence-electron chi connectivity index (χ1n) is 6.00. The third-order valence-electron chi connectivity index (χ3n) is 3.33. The zero-order valence-electron chi connectivity index (χ0n) is 10.3. The summed E-state index contributed by atoms with van der Waals surface area (Å²) in [5, 5.41) is 4.14. The second-order valence-corrected chi connectivity index (χ2v) is 6.03. The van der Waals surface area contributed by atoms with Crippen molar-refractivity contribution in [2.45, 2.75) is 30.6 Å². The van der Waals surface area contributed by atoms with Crippen molar-refractivity contribution in [1.82, 2.24) is 5.32 Å². The smallest absolute Gasteiger partial charge is 0.253 e. The number of rotatable bonds is 3. The molecule has 0 aliphatic heterocycles. The first-order chi connectivity index (χ1) is 8.61. The van der Waals surface area contributed by atoms with Crippen LogP contribution in [0.5, 0.6) is 0 Å². The van der Waals surface area contributed by atoms with E-state index in [-0.39, 0.29) is 11.9 Å². The van der Waals surface area contributed by atoms with E-state index in [0.29, 0.717) is 21.5 Å². The maximum absolute atomic E-state index is 12.2. The Labute approximate surface area is 116 Å². The van der Waals surface area contributed by atoms with Gasteiger partial charge in [-0.15, -0.1) is 0 Å². The zero-order valence-corrected chi connectivity index (χ0v) is 11.9. The van der Waals surface area contributed by atoms with Gasteiger partial charge in [0.15, 0.2) is 0 Å². The fourth-order valence-corrected chi connectivity index (χ4v) is 3.48. The quantitative estimate of drug-likeness (QED) is 0.839. The van der Waals surface area contributed by atoms with Crippen molar-refractivity contribution in [3.8, 4) is 0 Å². The lowest BCUT2D eigenvalue weighted by atomic mass is 10.1. The Bertz CT molecular complexity index is 453. The number of amides is 1. The normalized spacial score (nSPS) is 23.0. The van der Waals surface area contributed by atoms with E-state index in [1.807, 2.05) is 11.8 Å².